The van der Waals surface area contributed by atoms with E-state index in [1.165, 1.54) is 23.8 Å². The van der Waals surface area contributed by atoms with Crippen LogP contribution in [0.1, 0.15) is 24.3 Å². The Bertz CT molecular complexity index is 933. The molecular formula is C20H22N2O4S. The summed E-state index contributed by atoms with van der Waals surface area (Å²) in [5.41, 5.74) is 1.54. The van der Waals surface area contributed by atoms with Crippen LogP contribution in [0.2, 0.25) is 0 Å². The normalized spacial score (nSPS) is 15.4. The molecule has 0 spiro atoms. The van der Waals surface area contributed by atoms with E-state index < -0.39 is 21.7 Å². The number of rotatable bonds is 3. The fourth-order valence-corrected chi connectivity index (χ4v) is 3.94. The molecule has 1 fully saturated rings. The van der Waals surface area contributed by atoms with Crippen LogP contribution in [-0.2, 0) is 19.4 Å². The van der Waals surface area contributed by atoms with Crippen LogP contribution in [-0.4, -0.2) is 44.5 Å². The molecule has 0 bridgehead atoms. The van der Waals surface area contributed by atoms with Gasteiger partial charge < -0.3 is 10.2 Å². The Balaban J connectivity index is 1.59. The second kappa shape index (κ2) is 7.92. The van der Waals surface area contributed by atoms with Gasteiger partial charge in [-0.3, -0.25) is 9.59 Å². The molecule has 0 atom stereocenters. The summed E-state index contributed by atoms with van der Waals surface area (Å²) in [6, 6.07) is 16.0. The van der Waals surface area contributed by atoms with Crippen molar-refractivity contribution in [1.82, 2.24) is 4.90 Å². The molecule has 1 heterocycles. The molecule has 142 valence electrons. The van der Waals surface area contributed by atoms with Crippen molar-refractivity contribution in [2.75, 3.05) is 24.7 Å². The number of nitrogens with one attached hydrogen (secondary N) is 1. The van der Waals surface area contributed by atoms with Gasteiger partial charge in [-0.25, -0.2) is 8.42 Å². The Hall–Kier alpha value is -2.67. The van der Waals surface area contributed by atoms with Gasteiger partial charge in [-0.15, -0.1) is 0 Å². The number of likely N-dealkylation sites (tertiary alicyclic amines) is 1. The number of nitrogens with zero attached hydrogens (tertiary/aromatic N) is 1. The molecule has 3 rings (SSSR count). The monoisotopic (exact) mass is 386 g/mol. The molecule has 0 unspecified atom stereocenters. The highest BCUT2D eigenvalue weighted by Gasteiger charge is 2.27. The van der Waals surface area contributed by atoms with Crippen LogP contribution in [0.5, 0.6) is 0 Å². The van der Waals surface area contributed by atoms with Crippen molar-refractivity contribution in [3.63, 3.8) is 0 Å². The van der Waals surface area contributed by atoms with Crippen LogP contribution < -0.4 is 5.32 Å². The van der Waals surface area contributed by atoms with Gasteiger partial charge in [0.1, 0.15) is 0 Å². The number of anilines is 1. The number of amides is 2. The molecule has 7 heteroatoms. The Labute approximate surface area is 159 Å². The first-order valence-electron chi connectivity index (χ1n) is 8.80. The molecule has 0 saturated carbocycles. The number of hydrogen-bond acceptors (Lipinski definition) is 4. The zero-order valence-electron chi connectivity index (χ0n) is 15.1. The van der Waals surface area contributed by atoms with Crippen molar-refractivity contribution in [3.05, 3.63) is 60.2 Å². The number of sulfone groups is 1. The third-order valence-corrected chi connectivity index (χ3v) is 5.88. The molecule has 0 aromatic heterocycles. The van der Waals surface area contributed by atoms with E-state index in [4.69, 9.17) is 0 Å². The summed E-state index contributed by atoms with van der Waals surface area (Å²) in [6.07, 6.45) is 2.72. The maximum Gasteiger partial charge on any atom is 0.313 e. The lowest BCUT2D eigenvalue weighted by atomic mass is 9.89. The third kappa shape index (κ3) is 4.74. The average Bonchev–Trinajstić information content (AvgIpc) is 2.68. The van der Waals surface area contributed by atoms with Crippen LogP contribution >= 0.6 is 0 Å². The molecule has 2 aromatic carbocycles. The number of benzene rings is 2. The quantitative estimate of drug-likeness (QED) is 0.822. The first-order valence-corrected chi connectivity index (χ1v) is 10.7. The summed E-state index contributed by atoms with van der Waals surface area (Å²) < 4.78 is 23.2. The van der Waals surface area contributed by atoms with Crippen LogP contribution in [0, 0.1) is 0 Å². The summed E-state index contributed by atoms with van der Waals surface area (Å²) in [6.45, 7) is 1.05. The van der Waals surface area contributed by atoms with Crippen molar-refractivity contribution < 1.29 is 18.0 Å². The highest BCUT2D eigenvalue weighted by molar-refractivity contribution is 7.90. The predicted molar refractivity (Wildman–Crippen MR) is 103 cm³/mol. The van der Waals surface area contributed by atoms with Gasteiger partial charge in [-0.05, 0) is 42.5 Å². The number of carbonyl (C=O) groups is 2. The second-order valence-corrected chi connectivity index (χ2v) is 8.75. The lowest BCUT2D eigenvalue weighted by molar-refractivity contribution is -0.143. The lowest BCUT2D eigenvalue weighted by Gasteiger charge is -2.31. The fourth-order valence-electron chi connectivity index (χ4n) is 3.27. The molecule has 27 heavy (non-hydrogen) atoms. The minimum Gasteiger partial charge on any atom is -0.334 e. The molecule has 1 saturated heterocycles. The summed E-state index contributed by atoms with van der Waals surface area (Å²) in [5.74, 6) is -0.949. The fraction of sp³-hybridized carbons (Fsp3) is 0.300. The summed E-state index contributed by atoms with van der Waals surface area (Å²) in [5, 5.41) is 2.50. The molecule has 1 aliphatic rings. The van der Waals surface area contributed by atoms with Crippen LogP contribution in [0.4, 0.5) is 5.69 Å². The number of carbonyl (C=O) groups excluding carboxylic acids is 2. The van der Waals surface area contributed by atoms with Crippen LogP contribution in [0.15, 0.2) is 59.5 Å². The second-order valence-electron chi connectivity index (χ2n) is 6.73. The van der Waals surface area contributed by atoms with Gasteiger partial charge >= 0.3 is 11.8 Å². The zero-order chi connectivity index (χ0) is 19.4. The highest BCUT2D eigenvalue weighted by atomic mass is 32.2. The summed E-state index contributed by atoms with van der Waals surface area (Å²) in [7, 11) is -3.38. The van der Waals surface area contributed by atoms with Crippen LogP contribution in [0.25, 0.3) is 0 Å². The third-order valence-electron chi connectivity index (χ3n) is 4.77. The molecule has 6 nitrogen and oxygen atoms in total. The Kier molecular flexibility index (Phi) is 5.60. The highest BCUT2D eigenvalue weighted by Crippen LogP contribution is 2.27. The van der Waals surface area contributed by atoms with Gasteiger partial charge in [0, 0.05) is 25.0 Å². The first kappa shape index (κ1) is 19.1. The van der Waals surface area contributed by atoms with Gasteiger partial charge in [0.05, 0.1) is 4.90 Å². The van der Waals surface area contributed by atoms with E-state index >= 15 is 0 Å². The Morgan fingerprint density at radius 2 is 1.67 bits per heavy atom. The van der Waals surface area contributed by atoms with Crippen molar-refractivity contribution in [1.29, 1.82) is 0 Å². The predicted octanol–water partition coefficient (Wildman–Crippen LogP) is 2.43. The minimum atomic E-state index is -3.38. The number of hydrogen-bond donors (Lipinski definition) is 1. The maximum atomic E-state index is 12.4. The van der Waals surface area contributed by atoms with Gasteiger partial charge in [0.2, 0.25) is 0 Å². The summed E-state index contributed by atoms with van der Waals surface area (Å²) >= 11 is 0. The molecule has 2 amide bonds. The average molecular weight is 386 g/mol. The molecule has 0 aliphatic carbocycles. The van der Waals surface area contributed by atoms with E-state index in [-0.39, 0.29) is 10.6 Å². The van der Waals surface area contributed by atoms with Crippen LogP contribution in [0.3, 0.4) is 0 Å². The largest absolute Gasteiger partial charge is 0.334 e. The van der Waals surface area contributed by atoms with E-state index in [1.807, 2.05) is 18.2 Å². The minimum absolute atomic E-state index is 0.0939. The topological polar surface area (TPSA) is 83.5 Å². The summed E-state index contributed by atoms with van der Waals surface area (Å²) in [4.78, 5) is 26.3. The molecular weight excluding hydrogens is 364 g/mol. The van der Waals surface area contributed by atoms with Crippen molar-refractivity contribution in [2.24, 2.45) is 0 Å². The van der Waals surface area contributed by atoms with Gasteiger partial charge in [-0.1, -0.05) is 36.4 Å². The first-order chi connectivity index (χ1) is 12.8. The number of piperidine rings is 1. The molecule has 1 N–H and O–H groups in total. The van der Waals surface area contributed by atoms with Crippen molar-refractivity contribution in [3.8, 4) is 0 Å². The van der Waals surface area contributed by atoms with Gasteiger partial charge in [0.15, 0.2) is 9.84 Å². The van der Waals surface area contributed by atoms with Gasteiger partial charge in [0.25, 0.3) is 0 Å². The van der Waals surface area contributed by atoms with Crippen molar-refractivity contribution in [2.45, 2.75) is 23.7 Å². The van der Waals surface area contributed by atoms with Crippen molar-refractivity contribution >= 4 is 27.3 Å². The Morgan fingerprint density at radius 1 is 1.00 bits per heavy atom. The maximum absolute atomic E-state index is 12.4. The van der Waals surface area contributed by atoms with Gasteiger partial charge in [-0.2, -0.15) is 0 Å². The zero-order valence-corrected chi connectivity index (χ0v) is 15.9. The smallest absolute Gasteiger partial charge is 0.313 e. The molecule has 1 aliphatic heterocycles. The van der Waals surface area contributed by atoms with E-state index in [9.17, 15) is 18.0 Å². The Morgan fingerprint density at radius 3 is 2.30 bits per heavy atom. The van der Waals surface area contributed by atoms with E-state index in [0.29, 0.717) is 19.0 Å². The van der Waals surface area contributed by atoms with E-state index in [0.717, 1.165) is 19.1 Å². The molecule has 0 radical (unpaired) electrons. The molecule has 2 aromatic rings. The lowest BCUT2D eigenvalue weighted by Crippen LogP contribution is -2.43. The van der Waals surface area contributed by atoms with E-state index in [2.05, 4.69) is 17.4 Å². The standard InChI is InChI=1S/C20H22N2O4S/c1-27(25,26)18-9-5-8-17(14-18)21-19(23)20(24)22-12-10-16(11-13-22)15-6-3-2-4-7-15/h2-9,14,16H,10-13H2,1H3,(H,21,23). The van der Waals surface area contributed by atoms with E-state index in [1.54, 1.807) is 11.0 Å². The SMILES string of the molecule is CS(=O)(=O)c1cccc(NC(=O)C(=O)N2CCC(c3ccccc3)CC2)c1.